The van der Waals surface area contributed by atoms with Gasteiger partial charge in [-0.05, 0) is 18.1 Å². The molecule has 0 bridgehead atoms. The van der Waals surface area contributed by atoms with E-state index in [-0.39, 0.29) is 0 Å². The lowest BCUT2D eigenvalue weighted by Crippen LogP contribution is -1.76. The smallest absolute Gasteiger partial charge is 0.0184 e. The molecule has 2 rings (SSSR count). The van der Waals surface area contributed by atoms with E-state index < -0.39 is 0 Å². The Morgan fingerprint density at radius 3 is 1.04 bits per heavy atom. The molecule has 0 saturated carbocycles. The Bertz CT molecular complexity index is 371. The summed E-state index contributed by atoms with van der Waals surface area (Å²) in [5, 5.41) is 0. The minimum Gasteiger partial charge on any atom is -0.0683 e. The number of rotatable bonds is 1. The fourth-order valence-electron chi connectivity index (χ4n) is 1.38. The zero-order chi connectivity index (χ0) is 19.1. The van der Waals surface area contributed by atoms with Crippen LogP contribution < -0.4 is 0 Å². The number of benzene rings is 2. The SMILES string of the molecule is CC.CC.CC.CC.CC.Cc1ccc(-c2ccccc2)cc1. The normalized spacial score (nSPS) is 6.91. The van der Waals surface area contributed by atoms with Gasteiger partial charge in [0.1, 0.15) is 0 Å². The molecule has 0 aliphatic heterocycles. The van der Waals surface area contributed by atoms with Crippen molar-refractivity contribution in [1.82, 2.24) is 0 Å². The number of aryl methyl sites for hydroxylation is 1. The molecule has 0 aliphatic rings. The van der Waals surface area contributed by atoms with Crippen molar-refractivity contribution in [1.29, 1.82) is 0 Å². The zero-order valence-electron chi connectivity index (χ0n) is 17.7. The Kier molecular flexibility index (Phi) is 36.6. The third-order valence-corrected chi connectivity index (χ3v) is 2.16. The van der Waals surface area contributed by atoms with Crippen molar-refractivity contribution in [3.63, 3.8) is 0 Å². The highest BCUT2D eigenvalue weighted by Crippen LogP contribution is 2.18. The fourth-order valence-corrected chi connectivity index (χ4v) is 1.38. The Morgan fingerprint density at radius 2 is 0.696 bits per heavy atom. The van der Waals surface area contributed by atoms with Gasteiger partial charge in [0.05, 0.1) is 0 Å². The van der Waals surface area contributed by atoms with Crippen molar-refractivity contribution >= 4 is 0 Å². The predicted octanol–water partition coefficient (Wildman–Crippen LogP) is 8.79. The molecule has 0 atom stereocenters. The van der Waals surface area contributed by atoms with Crippen LogP contribution in [0.3, 0.4) is 0 Å². The topological polar surface area (TPSA) is 0 Å². The van der Waals surface area contributed by atoms with Crippen LogP contribution in [0.15, 0.2) is 54.6 Å². The Labute approximate surface area is 148 Å². The van der Waals surface area contributed by atoms with Crippen LogP contribution in [0.5, 0.6) is 0 Å². The van der Waals surface area contributed by atoms with E-state index in [0.717, 1.165) is 0 Å². The van der Waals surface area contributed by atoms with E-state index in [2.05, 4.69) is 55.5 Å². The maximum Gasteiger partial charge on any atom is -0.0184 e. The van der Waals surface area contributed by atoms with Gasteiger partial charge in [0.15, 0.2) is 0 Å². The minimum absolute atomic E-state index is 1.28. The first-order valence-electron chi connectivity index (χ1n) is 9.48. The average Bonchev–Trinajstić information content (AvgIpc) is 2.71. The molecule has 0 fully saturated rings. The van der Waals surface area contributed by atoms with Crippen LogP contribution in [0.4, 0.5) is 0 Å². The van der Waals surface area contributed by atoms with Crippen LogP contribution in [0.2, 0.25) is 0 Å². The van der Waals surface area contributed by atoms with Gasteiger partial charge in [0, 0.05) is 0 Å². The van der Waals surface area contributed by atoms with Crippen LogP contribution >= 0.6 is 0 Å². The van der Waals surface area contributed by atoms with Crippen LogP contribution in [0.1, 0.15) is 74.8 Å². The lowest BCUT2D eigenvalue weighted by Gasteiger charge is -2.00. The third kappa shape index (κ3) is 16.6. The van der Waals surface area contributed by atoms with E-state index in [1.807, 2.05) is 75.3 Å². The van der Waals surface area contributed by atoms with Gasteiger partial charge in [-0.3, -0.25) is 0 Å². The molecular weight excluding hydrogens is 276 g/mol. The Hall–Kier alpha value is -1.56. The Morgan fingerprint density at radius 1 is 0.391 bits per heavy atom. The summed E-state index contributed by atoms with van der Waals surface area (Å²) in [4.78, 5) is 0. The molecule has 0 amide bonds. The molecule has 0 heterocycles. The number of hydrogen-bond acceptors (Lipinski definition) is 0. The first-order chi connectivity index (χ1) is 11.4. The molecule has 0 aromatic heterocycles. The van der Waals surface area contributed by atoms with Crippen molar-refractivity contribution in [2.24, 2.45) is 0 Å². The first kappa shape index (κ1) is 29.5. The third-order valence-electron chi connectivity index (χ3n) is 2.16. The van der Waals surface area contributed by atoms with Gasteiger partial charge in [0.2, 0.25) is 0 Å². The summed E-state index contributed by atoms with van der Waals surface area (Å²) in [7, 11) is 0. The maximum atomic E-state index is 2.16. The molecular formula is C23H42. The van der Waals surface area contributed by atoms with Crippen molar-refractivity contribution < 1.29 is 0 Å². The van der Waals surface area contributed by atoms with Crippen LogP contribution in [-0.4, -0.2) is 0 Å². The van der Waals surface area contributed by atoms with Crippen LogP contribution in [-0.2, 0) is 0 Å². The lowest BCUT2D eigenvalue weighted by atomic mass is 10.0. The summed E-state index contributed by atoms with van der Waals surface area (Å²) < 4.78 is 0. The second kappa shape index (κ2) is 28.6. The summed E-state index contributed by atoms with van der Waals surface area (Å²) in [6.07, 6.45) is 0. The highest BCUT2D eigenvalue weighted by molar-refractivity contribution is 5.63. The van der Waals surface area contributed by atoms with Crippen molar-refractivity contribution in [3.05, 3.63) is 60.2 Å². The van der Waals surface area contributed by atoms with E-state index in [0.29, 0.717) is 0 Å². The van der Waals surface area contributed by atoms with Gasteiger partial charge in [-0.2, -0.15) is 0 Å². The standard InChI is InChI=1S/C13H12.5C2H6/c1-11-7-9-13(10-8-11)12-5-3-2-4-6-12;5*1-2/h2-10H,1H3;5*1-2H3. The molecule has 0 saturated heterocycles. The molecule has 0 aliphatic carbocycles. The monoisotopic (exact) mass is 318 g/mol. The van der Waals surface area contributed by atoms with Gasteiger partial charge >= 0.3 is 0 Å². The summed E-state index contributed by atoms with van der Waals surface area (Å²) in [6.45, 7) is 22.1. The van der Waals surface area contributed by atoms with Crippen molar-refractivity contribution in [2.75, 3.05) is 0 Å². The van der Waals surface area contributed by atoms with Gasteiger partial charge in [0.25, 0.3) is 0 Å². The minimum atomic E-state index is 1.28. The predicted molar refractivity (Wildman–Crippen MR) is 113 cm³/mol. The molecule has 0 N–H and O–H groups in total. The van der Waals surface area contributed by atoms with E-state index in [4.69, 9.17) is 0 Å². The second-order valence-electron chi connectivity index (χ2n) is 3.23. The highest BCUT2D eigenvalue weighted by Gasteiger charge is 1.93. The lowest BCUT2D eigenvalue weighted by molar-refractivity contribution is 1.47. The van der Waals surface area contributed by atoms with E-state index in [9.17, 15) is 0 Å². The largest absolute Gasteiger partial charge is 0.0683 e. The fraction of sp³-hybridized carbons (Fsp3) is 0.478. The molecule has 0 unspecified atom stereocenters. The quantitative estimate of drug-likeness (QED) is 0.492. The molecule has 2 aromatic carbocycles. The molecule has 0 nitrogen and oxygen atoms in total. The molecule has 134 valence electrons. The maximum absolute atomic E-state index is 2.16. The molecule has 0 radical (unpaired) electrons. The molecule has 0 spiro atoms. The highest BCUT2D eigenvalue weighted by atomic mass is 14.0. The van der Waals surface area contributed by atoms with Gasteiger partial charge in [-0.15, -0.1) is 0 Å². The van der Waals surface area contributed by atoms with Crippen molar-refractivity contribution in [3.8, 4) is 11.1 Å². The van der Waals surface area contributed by atoms with E-state index in [1.165, 1.54) is 16.7 Å². The van der Waals surface area contributed by atoms with Gasteiger partial charge in [-0.1, -0.05) is 129 Å². The summed E-state index contributed by atoms with van der Waals surface area (Å²) >= 11 is 0. The zero-order valence-corrected chi connectivity index (χ0v) is 17.7. The first-order valence-corrected chi connectivity index (χ1v) is 9.48. The summed E-state index contributed by atoms with van der Waals surface area (Å²) in [5.41, 5.74) is 3.87. The van der Waals surface area contributed by atoms with Crippen LogP contribution in [0.25, 0.3) is 11.1 Å². The number of hydrogen-bond donors (Lipinski definition) is 0. The van der Waals surface area contributed by atoms with E-state index >= 15 is 0 Å². The van der Waals surface area contributed by atoms with Gasteiger partial charge < -0.3 is 0 Å². The average molecular weight is 319 g/mol. The molecule has 2 aromatic rings. The Balaban J connectivity index is -0.000000156. The summed E-state index contributed by atoms with van der Waals surface area (Å²) in [5.74, 6) is 0. The van der Waals surface area contributed by atoms with Crippen LogP contribution in [0, 0.1) is 6.92 Å². The molecule has 0 heteroatoms. The van der Waals surface area contributed by atoms with Crippen molar-refractivity contribution in [2.45, 2.75) is 76.2 Å². The van der Waals surface area contributed by atoms with E-state index in [1.54, 1.807) is 0 Å². The molecule has 23 heavy (non-hydrogen) atoms. The van der Waals surface area contributed by atoms with Gasteiger partial charge in [-0.25, -0.2) is 0 Å². The second-order valence-corrected chi connectivity index (χ2v) is 3.23. The summed E-state index contributed by atoms with van der Waals surface area (Å²) in [6, 6.07) is 19.0.